The average molecular weight is 434 g/mol. The summed E-state index contributed by atoms with van der Waals surface area (Å²) in [5, 5.41) is 11.1. The van der Waals surface area contributed by atoms with Gasteiger partial charge in [0.15, 0.2) is 4.90 Å². The number of nitro benzene ring substituents is 1. The molecule has 9 nitrogen and oxygen atoms in total. The normalized spacial score (nSPS) is 16.4. The molecule has 0 unspecified atom stereocenters. The van der Waals surface area contributed by atoms with Crippen LogP contribution < -0.4 is 4.90 Å². The molecular formula is C20H22N2O7S. The Labute approximate surface area is 174 Å². The molecule has 0 spiro atoms. The molecular weight excluding hydrogens is 412 g/mol. The fourth-order valence-corrected chi connectivity index (χ4v) is 4.56. The molecule has 0 amide bonds. The first kappa shape index (κ1) is 21.7. The third kappa shape index (κ3) is 5.14. The molecule has 1 aliphatic rings. The molecule has 2 aromatic rings. The van der Waals surface area contributed by atoms with Crippen LogP contribution in [0.2, 0.25) is 0 Å². The van der Waals surface area contributed by atoms with Gasteiger partial charge in [-0.1, -0.05) is 24.3 Å². The first-order valence-corrected chi connectivity index (χ1v) is 10.9. The van der Waals surface area contributed by atoms with Gasteiger partial charge in [-0.05, 0) is 37.1 Å². The number of nitro groups is 1. The van der Waals surface area contributed by atoms with E-state index in [4.69, 9.17) is 8.92 Å². The summed E-state index contributed by atoms with van der Waals surface area (Å²) in [5.74, 6) is -0.292. The molecule has 0 radical (unpaired) electrons. The van der Waals surface area contributed by atoms with E-state index in [2.05, 4.69) is 0 Å². The van der Waals surface area contributed by atoms with E-state index < -0.39 is 31.7 Å². The maximum absolute atomic E-state index is 12.6. The summed E-state index contributed by atoms with van der Waals surface area (Å²) in [5.41, 5.74) is 1.18. The molecule has 3 rings (SSSR count). The summed E-state index contributed by atoms with van der Waals surface area (Å²) < 4.78 is 35.4. The minimum absolute atomic E-state index is 0.188. The van der Waals surface area contributed by atoms with E-state index in [-0.39, 0.29) is 12.4 Å². The Morgan fingerprint density at radius 3 is 2.57 bits per heavy atom. The first-order valence-electron chi connectivity index (χ1n) is 9.46. The topological polar surface area (TPSA) is 116 Å². The van der Waals surface area contributed by atoms with E-state index in [1.165, 1.54) is 18.2 Å². The number of anilines is 1. The van der Waals surface area contributed by atoms with Gasteiger partial charge < -0.3 is 9.64 Å². The van der Waals surface area contributed by atoms with Crippen molar-refractivity contribution in [2.45, 2.75) is 30.8 Å². The lowest BCUT2D eigenvalue weighted by Crippen LogP contribution is -2.25. The van der Waals surface area contributed by atoms with Crippen LogP contribution in [0.25, 0.3) is 0 Å². The van der Waals surface area contributed by atoms with Crippen molar-refractivity contribution >= 4 is 27.5 Å². The van der Waals surface area contributed by atoms with Crippen LogP contribution in [0.5, 0.6) is 0 Å². The maximum atomic E-state index is 12.6. The van der Waals surface area contributed by atoms with Crippen molar-refractivity contribution in [3.63, 3.8) is 0 Å². The molecule has 2 aromatic carbocycles. The van der Waals surface area contributed by atoms with Crippen LogP contribution in [0, 0.1) is 10.1 Å². The average Bonchev–Trinajstić information content (AvgIpc) is 3.16. The predicted octanol–water partition coefficient (Wildman–Crippen LogP) is 2.68. The van der Waals surface area contributed by atoms with Gasteiger partial charge in [0.2, 0.25) is 0 Å². The summed E-state index contributed by atoms with van der Waals surface area (Å²) in [6.07, 6.45) is 0.0345. The van der Waals surface area contributed by atoms with E-state index in [0.717, 1.165) is 17.3 Å². The Morgan fingerprint density at radius 1 is 1.20 bits per heavy atom. The monoisotopic (exact) mass is 434 g/mol. The highest BCUT2D eigenvalue weighted by atomic mass is 32.2. The van der Waals surface area contributed by atoms with Crippen molar-refractivity contribution in [2.24, 2.45) is 0 Å². The Bertz CT molecular complexity index is 1020. The zero-order valence-corrected chi connectivity index (χ0v) is 17.2. The number of para-hydroxylation sites is 1. The molecule has 1 aliphatic heterocycles. The van der Waals surface area contributed by atoms with Gasteiger partial charge in [-0.25, -0.2) is 0 Å². The Kier molecular flexibility index (Phi) is 6.68. The fourth-order valence-electron chi connectivity index (χ4n) is 3.29. The molecule has 10 heteroatoms. The molecule has 0 N–H and O–H groups in total. The van der Waals surface area contributed by atoms with Crippen LogP contribution in [0.3, 0.4) is 0 Å². The van der Waals surface area contributed by atoms with Gasteiger partial charge in [0.05, 0.1) is 24.1 Å². The lowest BCUT2D eigenvalue weighted by Gasteiger charge is -2.19. The highest BCUT2D eigenvalue weighted by molar-refractivity contribution is 7.87. The van der Waals surface area contributed by atoms with Crippen molar-refractivity contribution in [1.29, 1.82) is 0 Å². The summed E-state index contributed by atoms with van der Waals surface area (Å²) >= 11 is 0. The molecule has 0 aromatic heterocycles. The van der Waals surface area contributed by atoms with E-state index in [1.54, 1.807) is 6.92 Å². The summed E-state index contributed by atoms with van der Waals surface area (Å²) in [6, 6.07) is 12.5. The molecule has 0 saturated carbocycles. The zero-order chi connectivity index (χ0) is 21.7. The number of carbonyl (C=O) groups is 1. The summed E-state index contributed by atoms with van der Waals surface area (Å²) in [7, 11) is -4.27. The number of rotatable bonds is 8. The molecule has 0 aliphatic carbocycles. The van der Waals surface area contributed by atoms with Gasteiger partial charge in [-0.15, -0.1) is 0 Å². The van der Waals surface area contributed by atoms with Gasteiger partial charge in [-0.3, -0.25) is 19.1 Å². The lowest BCUT2D eigenvalue weighted by molar-refractivity contribution is -0.387. The molecule has 1 heterocycles. The van der Waals surface area contributed by atoms with Gasteiger partial charge in [-0.2, -0.15) is 8.42 Å². The minimum Gasteiger partial charge on any atom is -0.466 e. The number of hydrogen-bond acceptors (Lipinski definition) is 8. The second kappa shape index (κ2) is 9.23. The van der Waals surface area contributed by atoms with E-state index >= 15 is 0 Å². The minimum atomic E-state index is -4.27. The van der Waals surface area contributed by atoms with Gasteiger partial charge in [0, 0.05) is 24.8 Å². The molecule has 1 fully saturated rings. The van der Waals surface area contributed by atoms with Crippen molar-refractivity contribution in [1.82, 2.24) is 0 Å². The number of benzene rings is 2. The molecule has 160 valence electrons. The van der Waals surface area contributed by atoms with E-state index in [0.29, 0.717) is 26.1 Å². The van der Waals surface area contributed by atoms with Crippen LogP contribution in [0.1, 0.15) is 18.9 Å². The summed E-state index contributed by atoms with van der Waals surface area (Å²) in [4.78, 5) is 23.5. The number of hydrogen-bond donors (Lipinski definition) is 0. The number of nitrogens with zero attached hydrogens (tertiary/aromatic N) is 2. The Hall–Kier alpha value is -2.98. The van der Waals surface area contributed by atoms with Crippen LogP contribution in [-0.4, -0.2) is 45.1 Å². The van der Waals surface area contributed by atoms with Crippen molar-refractivity contribution in [3.8, 4) is 0 Å². The Balaban J connectivity index is 1.64. The van der Waals surface area contributed by atoms with Crippen molar-refractivity contribution in [2.75, 3.05) is 24.6 Å². The molecule has 30 heavy (non-hydrogen) atoms. The first-order chi connectivity index (χ1) is 14.3. The number of ether oxygens (including phenoxy) is 1. The third-order valence-electron chi connectivity index (χ3n) is 4.69. The van der Waals surface area contributed by atoms with Crippen LogP contribution >= 0.6 is 0 Å². The highest BCUT2D eigenvalue weighted by Crippen LogP contribution is 2.29. The van der Waals surface area contributed by atoms with Crippen molar-refractivity contribution in [3.05, 3.63) is 64.2 Å². The molecule has 1 saturated heterocycles. The standard InChI is InChI=1S/C20H22N2O7S/c1-2-28-20(23)13-15-7-9-16(10-8-15)21-12-11-17(14-21)29-30(26,27)19-6-4-3-5-18(19)22(24)25/h3-10,17H,2,11-14H2,1H3/t17-/m0/s1. The smallest absolute Gasteiger partial charge is 0.310 e. The second-order valence-corrected chi connectivity index (χ2v) is 8.32. The SMILES string of the molecule is CCOC(=O)Cc1ccc(N2CC[C@H](OS(=O)(=O)c3ccccc3[N+](=O)[O-])C2)cc1. The van der Waals surface area contributed by atoms with Crippen LogP contribution in [-0.2, 0) is 30.3 Å². The Morgan fingerprint density at radius 2 is 1.90 bits per heavy atom. The molecule has 0 bridgehead atoms. The van der Waals surface area contributed by atoms with Crippen molar-refractivity contribution < 1.29 is 27.1 Å². The van der Waals surface area contributed by atoms with Gasteiger partial charge in [0.1, 0.15) is 0 Å². The summed E-state index contributed by atoms with van der Waals surface area (Å²) in [6.45, 7) is 3.00. The quantitative estimate of drug-likeness (QED) is 0.269. The van der Waals surface area contributed by atoms with E-state index in [9.17, 15) is 23.3 Å². The highest BCUT2D eigenvalue weighted by Gasteiger charge is 2.32. The van der Waals surface area contributed by atoms with Gasteiger partial charge in [0.25, 0.3) is 5.69 Å². The second-order valence-electron chi connectivity index (χ2n) is 6.78. The van der Waals surface area contributed by atoms with Gasteiger partial charge >= 0.3 is 16.1 Å². The predicted molar refractivity (Wildman–Crippen MR) is 109 cm³/mol. The largest absolute Gasteiger partial charge is 0.466 e. The molecule has 1 atom stereocenters. The number of carbonyl (C=O) groups excluding carboxylic acids is 1. The van der Waals surface area contributed by atoms with Crippen LogP contribution in [0.15, 0.2) is 53.4 Å². The fraction of sp³-hybridized carbons (Fsp3) is 0.350. The zero-order valence-electron chi connectivity index (χ0n) is 16.4. The van der Waals surface area contributed by atoms with Crippen LogP contribution in [0.4, 0.5) is 11.4 Å². The lowest BCUT2D eigenvalue weighted by atomic mass is 10.1. The third-order valence-corrected chi connectivity index (χ3v) is 6.10. The number of esters is 1. The van der Waals surface area contributed by atoms with E-state index in [1.807, 2.05) is 29.2 Å². The maximum Gasteiger partial charge on any atom is 0.310 e.